The molecule has 0 aromatic heterocycles. The SMILES string of the molecule is CCCC(C(=O)OC(C)(C)C)N1CC(C)(OC)C(c2cc(Cl)ccc2C2=NOCC2)=CC1=O. The van der Waals surface area contributed by atoms with Gasteiger partial charge in [-0.2, -0.15) is 0 Å². The van der Waals surface area contributed by atoms with Crippen molar-refractivity contribution < 1.29 is 23.9 Å². The topological polar surface area (TPSA) is 77.4 Å². The normalized spacial score (nSPS) is 21.9. The molecule has 0 bridgehead atoms. The second-order valence-electron chi connectivity index (χ2n) is 9.61. The van der Waals surface area contributed by atoms with Crippen LogP contribution in [0.15, 0.2) is 29.4 Å². The molecule has 2 atom stereocenters. The average Bonchev–Trinajstić information content (AvgIpc) is 3.27. The van der Waals surface area contributed by atoms with Crippen LogP contribution < -0.4 is 0 Å². The molecule has 2 aliphatic heterocycles. The monoisotopic (exact) mass is 476 g/mol. The van der Waals surface area contributed by atoms with Crippen molar-refractivity contribution in [3.63, 3.8) is 0 Å². The fourth-order valence-corrected chi connectivity index (χ4v) is 4.35. The summed E-state index contributed by atoms with van der Waals surface area (Å²) in [4.78, 5) is 33.1. The zero-order chi connectivity index (χ0) is 24.4. The number of methoxy groups -OCH3 is 1. The van der Waals surface area contributed by atoms with Crippen LogP contribution >= 0.6 is 11.6 Å². The highest BCUT2D eigenvalue weighted by atomic mass is 35.5. The Morgan fingerprint density at radius 2 is 2.06 bits per heavy atom. The minimum atomic E-state index is -0.874. The lowest BCUT2D eigenvalue weighted by atomic mass is 9.82. The third-order valence-electron chi connectivity index (χ3n) is 5.85. The van der Waals surface area contributed by atoms with Crippen molar-refractivity contribution in [3.8, 4) is 0 Å². The Labute approximate surface area is 200 Å². The lowest BCUT2D eigenvalue weighted by Crippen LogP contribution is -2.56. The highest BCUT2D eigenvalue weighted by molar-refractivity contribution is 6.31. The van der Waals surface area contributed by atoms with E-state index in [0.29, 0.717) is 30.0 Å². The van der Waals surface area contributed by atoms with E-state index in [2.05, 4.69) is 5.16 Å². The maximum absolute atomic E-state index is 13.4. The number of oxime groups is 1. The van der Waals surface area contributed by atoms with Crippen molar-refractivity contribution in [3.05, 3.63) is 40.4 Å². The molecule has 0 fully saturated rings. The van der Waals surface area contributed by atoms with Crippen molar-refractivity contribution in [2.45, 2.75) is 71.1 Å². The van der Waals surface area contributed by atoms with Crippen molar-refractivity contribution in [1.29, 1.82) is 0 Å². The molecule has 0 saturated carbocycles. The van der Waals surface area contributed by atoms with Gasteiger partial charge >= 0.3 is 5.97 Å². The number of benzene rings is 1. The molecule has 0 saturated heterocycles. The molecule has 0 radical (unpaired) electrons. The lowest BCUT2D eigenvalue weighted by Gasteiger charge is -2.43. The number of ether oxygens (including phenoxy) is 2. The predicted octanol–water partition coefficient (Wildman–Crippen LogP) is 4.61. The molecule has 33 heavy (non-hydrogen) atoms. The molecule has 2 unspecified atom stereocenters. The van der Waals surface area contributed by atoms with E-state index in [1.165, 1.54) is 0 Å². The van der Waals surface area contributed by atoms with E-state index < -0.39 is 23.2 Å². The van der Waals surface area contributed by atoms with Crippen LogP contribution in [0.3, 0.4) is 0 Å². The zero-order valence-electron chi connectivity index (χ0n) is 20.2. The largest absolute Gasteiger partial charge is 0.458 e. The quantitative estimate of drug-likeness (QED) is 0.537. The number of rotatable bonds is 7. The van der Waals surface area contributed by atoms with E-state index in [1.54, 1.807) is 24.2 Å². The third-order valence-corrected chi connectivity index (χ3v) is 6.08. The van der Waals surface area contributed by atoms with Crippen molar-refractivity contribution in [1.82, 2.24) is 4.90 Å². The molecule has 1 aromatic rings. The van der Waals surface area contributed by atoms with E-state index in [1.807, 2.05) is 46.8 Å². The molecule has 7 nitrogen and oxygen atoms in total. The maximum Gasteiger partial charge on any atom is 0.329 e. The van der Waals surface area contributed by atoms with Gasteiger partial charge in [0, 0.05) is 30.2 Å². The number of carbonyl (C=O) groups is 2. The average molecular weight is 477 g/mol. The molecule has 2 heterocycles. The standard InChI is InChI=1S/C25H33ClN2O5/c1-7-8-21(23(30)33-24(2,3)4)28-15-25(5,31-6)19(14-22(28)29)18-13-16(26)9-10-17(18)20-11-12-32-27-20/h9-10,13-14,21H,7-8,11-12,15H2,1-6H3. The lowest BCUT2D eigenvalue weighted by molar-refractivity contribution is -0.166. The van der Waals surface area contributed by atoms with Gasteiger partial charge in [0.2, 0.25) is 5.91 Å². The molecule has 2 aliphatic rings. The first kappa shape index (κ1) is 25.2. The minimum absolute atomic E-state index is 0.201. The summed E-state index contributed by atoms with van der Waals surface area (Å²) in [6.45, 7) is 10.1. The second-order valence-corrected chi connectivity index (χ2v) is 10.0. The zero-order valence-corrected chi connectivity index (χ0v) is 21.0. The molecule has 0 N–H and O–H groups in total. The Balaban J connectivity index is 2.05. The number of nitrogens with zero attached hydrogens (tertiary/aromatic N) is 2. The number of carbonyl (C=O) groups excluding carboxylic acids is 2. The first-order valence-electron chi connectivity index (χ1n) is 11.3. The Hall–Kier alpha value is -2.38. The molecule has 1 aromatic carbocycles. The van der Waals surface area contributed by atoms with Crippen LogP contribution in [-0.4, -0.2) is 60.0 Å². The Morgan fingerprint density at radius 1 is 1.33 bits per heavy atom. The van der Waals surface area contributed by atoms with Gasteiger partial charge < -0.3 is 19.2 Å². The van der Waals surface area contributed by atoms with Crippen LogP contribution in [-0.2, 0) is 23.9 Å². The van der Waals surface area contributed by atoms with Crippen LogP contribution in [0.2, 0.25) is 5.02 Å². The number of hydrogen-bond donors (Lipinski definition) is 0. The molecular weight excluding hydrogens is 444 g/mol. The second kappa shape index (κ2) is 9.85. The fraction of sp³-hybridized carbons (Fsp3) is 0.560. The third kappa shape index (κ3) is 5.58. The summed E-state index contributed by atoms with van der Waals surface area (Å²) in [6.07, 6.45) is 3.45. The van der Waals surface area contributed by atoms with Gasteiger partial charge in [0.15, 0.2) is 0 Å². The Kier molecular flexibility index (Phi) is 7.54. The number of hydrogen-bond acceptors (Lipinski definition) is 6. The van der Waals surface area contributed by atoms with Crippen LogP contribution in [0.4, 0.5) is 0 Å². The molecular formula is C25H33ClN2O5. The molecule has 0 spiro atoms. The highest BCUT2D eigenvalue weighted by Crippen LogP contribution is 2.39. The van der Waals surface area contributed by atoms with Crippen molar-refractivity contribution >= 4 is 34.8 Å². The van der Waals surface area contributed by atoms with Gasteiger partial charge in [-0.05, 0) is 57.4 Å². The number of esters is 1. The Bertz CT molecular complexity index is 981. The smallest absolute Gasteiger partial charge is 0.329 e. The first-order chi connectivity index (χ1) is 15.5. The maximum atomic E-state index is 13.4. The van der Waals surface area contributed by atoms with E-state index in [0.717, 1.165) is 23.3 Å². The minimum Gasteiger partial charge on any atom is -0.458 e. The van der Waals surface area contributed by atoms with E-state index in [4.69, 9.17) is 25.9 Å². The summed E-state index contributed by atoms with van der Waals surface area (Å²) in [5.74, 6) is -0.673. The summed E-state index contributed by atoms with van der Waals surface area (Å²) in [5, 5.41) is 4.70. The van der Waals surface area contributed by atoms with Gasteiger partial charge in [0.1, 0.15) is 23.9 Å². The van der Waals surface area contributed by atoms with E-state index >= 15 is 0 Å². The van der Waals surface area contributed by atoms with Gasteiger partial charge in [0.05, 0.1) is 12.3 Å². The van der Waals surface area contributed by atoms with Crippen molar-refractivity contribution in [2.24, 2.45) is 5.16 Å². The predicted molar refractivity (Wildman–Crippen MR) is 128 cm³/mol. The van der Waals surface area contributed by atoms with Gasteiger partial charge in [-0.1, -0.05) is 36.2 Å². The van der Waals surface area contributed by atoms with Gasteiger partial charge in [0.25, 0.3) is 0 Å². The summed E-state index contributed by atoms with van der Waals surface area (Å²) < 4.78 is 11.6. The number of amides is 1. The summed E-state index contributed by atoms with van der Waals surface area (Å²) in [7, 11) is 1.60. The first-order valence-corrected chi connectivity index (χ1v) is 11.7. The van der Waals surface area contributed by atoms with E-state index in [9.17, 15) is 9.59 Å². The molecule has 1 amide bonds. The van der Waals surface area contributed by atoms with E-state index in [-0.39, 0.29) is 12.5 Å². The fourth-order valence-electron chi connectivity index (χ4n) is 4.18. The molecule has 3 rings (SSSR count). The molecule has 8 heteroatoms. The summed E-state index contributed by atoms with van der Waals surface area (Å²) in [5.41, 5.74) is 1.60. The van der Waals surface area contributed by atoms with Gasteiger partial charge in [-0.3, -0.25) is 4.79 Å². The molecule has 0 aliphatic carbocycles. The summed E-state index contributed by atoms with van der Waals surface area (Å²) >= 11 is 6.34. The van der Waals surface area contributed by atoms with Crippen LogP contribution in [0.25, 0.3) is 5.57 Å². The van der Waals surface area contributed by atoms with Crippen LogP contribution in [0.1, 0.15) is 65.0 Å². The van der Waals surface area contributed by atoms with Crippen LogP contribution in [0.5, 0.6) is 0 Å². The molecule has 180 valence electrons. The number of halogens is 1. The summed E-state index contributed by atoms with van der Waals surface area (Å²) in [6, 6.07) is 4.81. The van der Waals surface area contributed by atoms with Crippen LogP contribution in [0, 0.1) is 0 Å². The van der Waals surface area contributed by atoms with Gasteiger partial charge in [-0.25, -0.2) is 4.79 Å². The van der Waals surface area contributed by atoms with Gasteiger partial charge in [-0.15, -0.1) is 0 Å². The Morgan fingerprint density at radius 3 is 2.64 bits per heavy atom. The highest BCUT2D eigenvalue weighted by Gasteiger charge is 2.44. The van der Waals surface area contributed by atoms with Crippen molar-refractivity contribution in [2.75, 3.05) is 20.3 Å².